The summed E-state index contributed by atoms with van der Waals surface area (Å²) < 4.78 is 1.92. The van der Waals surface area contributed by atoms with E-state index in [0.717, 1.165) is 30.2 Å². The Bertz CT molecular complexity index is 596. The van der Waals surface area contributed by atoms with Gasteiger partial charge >= 0.3 is 0 Å². The molecule has 0 fully saturated rings. The van der Waals surface area contributed by atoms with Gasteiger partial charge in [0, 0.05) is 17.6 Å². The summed E-state index contributed by atoms with van der Waals surface area (Å²) in [6.45, 7) is 7.06. The van der Waals surface area contributed by atoms with Gasteiger partial charge in [-0.2, -0.15) is 0 Å². The number of aromatic nitrogens is 1. The number of nitrogens with zero attached hydrogens (tertiary/aromatic N) is 1. The van der Waals surface area contributed by atoms with Gasteiger partial charge in [-0.1, -0.05) is 31.5 Å². The fourth-order valence-electron chi connectivity index (χ4n) is 2.52. The smallest absolute Gasteiger partial charge is 0.258 e. The molecule has 0 atom stereocenters. The van der Waals surface area contributed by atoms with Gasteiger partial charge in [-0.05, 0) is 37.3 Å². The first kappa shape index (κ1) is 11.9. The molecule has 0 saturated heterocycles. The molecule has 0 bridgehead atoms. The van der Waals surface area contributed by atoms with Crippen LogP contribution >= 0.6 is 0 Å². The van der Waals surface area contributed by atoms with Gasteiger partial charge in [-0.15, -0.1) is 0 Å². The Balaban J connectivity index is 2.89. The summed E-state index contributed by atoms with van der Waals surface area (Å²) in [6.07, 6.45) is 2.04. The Hall–Kier alpha value is -1.57. The summed E-state index contributed by atoms with van der Waals surface area (Å²) in [5, 5.41) is 1.94. The lowest BCUT2D eigenvalue weighted by Gasteiger charge is -2.16. The molecular formula is C15H19NO. The lowest BCUT2D eigenvalue weighted by atomic mass is 10.0. The Morgan fingerprint density at radius 1 is 1.12 bits per heavy atom. The van der Waals surface area contributed by atoms with Crippen LogP contribution in [-0.2, 0) is 13.0 Å². The second-order valence-corrected chi connectivity index (χ2v) is 4.42. The van der Waals surface area contributed by atoms with E-state index in [0.29, 0.717) is 0 Å². The zero-order chi connectivity index (χ0) is 12.4. The van der Waals surface area contributed by atoms with E-state index in [-0.39, 0.29) is 5.56 Å². The molecule has 0 N–H and O–H groups in total. The van der Waals surface area contributed by atoms with Gasteiger partial charge < -0.3 is 4.57 Å². The second-order valence-electron chi connectivity index (χ2n) is 4.42. The zero-order valence-electron chi connectivity index (χ0n) is 10.8. The maximum absolute atomic E-state index is 12.4. The van der Waals surface area contributed by atoms with Crippen molar-refractivity contribution in [3.63, 3.8) is 0 Å². The van der Waals surface area contributed by atoms with Crippen LogP contribution in [0.1, 0.15) is 31.5 Å². The van der Waals surface area contributed by atoms with Crippen LogP contribution in [-0.4, -0.2) is 4.57 Å². The molecule has 2 aromatic rings. The number of hydrogen-bond donors (Lipinski definition) is 0. The van der Waals surface area contributed by atoms with Crippen molar-refractivity contribution in [3.05, 3.63) is 45.9 Å². The first-order valence-electron chi connectivity index (χ1n) is 6.31. The normalized spacial score (nSPS) is 11.0. The van der Waals surface area contributed by atoms with Crippen molar-refractivity contribution >= 4 is 10.8 Å². The van der Waals surface area contributed by atoms with Crippen molar-refractivity contribution in [2.75, 3.05) is 0 Å². The highest BCUT2D eigenvalue weighted by molar-refractivity contribution is 5.85. The lowest BCUT2D eigenvalue weighted by molar-refractivity contribution is 0.666. The first-order valence-corrected chi connectivity index (χ1v) is 6.31. The van der Waals surface area contributed by atoms with Crippen molar-refractivity contribution in [2.24, 2.45) is 0 Å². The van der Waals surface area contributed by atoms with Gasteiger partial charge in [-0.3, -0.25) is 4.79 Å². The number of aryl methyl sites for hydroxylation is 1. The molecule has 0 unspecified atom stereocenters. The molecule has 0 aliphatic heterocycles. The molecule has 2 rings (SSSR count). The molecule has 0 saturated carbocycles. The molecular weight excluding hydrogens is 210 g/mol. The summed E-state index contributed by atoms with van der Waals surface area (Å²) in [4.78, 5) is 12.4. The molecule has 90 valence electrons. The number of benzene rings is 1. The molecule has 0 radical (unpaired) electrons. The van der Waals surface area contributed by atoms with E-state index in [4.69, 9.17) is 0 Å². The molecule has 0 spiro atoms. The van der Waals surface area contributed by atoms with Crippen LogP contribution in [0, 0.1) is 6.92 Å². The summed E-state index contributed by atoms with van der Waals surface area (Å²) in [5.41, 5.74) is 2.60. The summed E-state index contributed by atoms with van der Waals surface area (Å²) in [5.74, 6) is 0. The largest absolute Gasteiger partial charge is 0.312 e. The van der Waals surface area contributed by atoms with Crippen LogP contribution in [0.5, 0.6) is 0 Å². The van der Waals surface area contributed by atoms with E-state index < -0.39 is 0 Å². The molecule has 2 heteroatoms. The van der Waals surface area contributed by atoms with Crippen molar-refractivity contribution in [3.8, 4) is 0 Å². The van der Waals surface area contributed by atoms with E-state index in [1.165, 1.54) is 11.3 Å². The lowest BCUT2D eigenvalue weighted by Crippen LogP contribution is -2.24. The third-order valence-corrected chi connectivity index (χ3v) is 3.37. The summed E-state index contributed by atoms with van der Waals surface area (Å²) in [6, 6.07) is 7.90. The molecule has 2 nitrogen and oxygen atoms in total. The Morgan fingerprint density at radius 3 is 2.35 bits per heavy atom. The minimum Gasteiger partial charge on any atom is -0.312 e. The highest BCUT2D eigenvalue weighted by Gasteiger charge is 2.11. The van der Waals surface area contributed by atoms with Gasteiger partial charge in [0.2, 0.25) is 0 Å². The fraction of sp³-hybridized carbons (Fsp3) is 0.400. The third kappa shape index (κ3) is 1.88. The highest BCUT2D eigenvalue weighted by Crippen LogP contribution is 2.19. The Kier molecular flexibility index (Phi) is 3.32. The van der Waals surface area contributed by atoms with Crippen molar-refractivity contribution in [1.82, 2.24) is 4.57 Å². The van der Waals surface area contributed by atoms with Crippen LogP contribution in [0.25, 0.3) is 10.8 Å². The second kappa shape index (κ2) is 4.74. The SMILES string of the molecule is CCCc1c(C)c2ccccc2c(=O)n1CC. The van der Waals surface area contributed by atoms with Crippen LogP contribution in [0.15, 0.2) is 29.1 Å². The fourth-order valence-corrected chi connectivity index (χ4v) is 2.52. The van der Waals surface area contributed by atoms with Crippen LogP contribution in [0.2, 0.25) is 0 Å². The van der Waals surface area contributed by atoms with Gasteiger partial charge in [0.15, 0.2) is 0 Å². The van der Waals surface area contributed by atoms with Gasteiger partial charge in [0.05, 0.1) is 0 Å². The number of hydrogen-bond acceptors (Lipinski definition) is 1. The topological polar surface area (TPSA) is 22.0 Å². The predicted molar refractivity (Wildman–Crippen MR) is 72.6 cm³/mol. The molecule has 17 heavy (non-hydrogen) atoms. The predicted octanol–water partition coefficient (Wildman–Crippen LogP) is 3.28. The van der Waals surface area contributed by atoms with Crippen molar-refractivity contribution in [1.29, 1.82) is 0 Å². The maximum atomic E-state index is 12.4. The van der Waals surface area contributed by atoms with E-state index in [2.05, 4.69) is 13.8 Å². The first-order chi connectivity index (χ1) is 8.20. The average molecular weight is 229 g/mol. The Labute approximate surface area is 102 Å². The van der Waals surface area contributed by atoms with E-state index in [1.807, 2.05) is 35.8 Å². The highest BCUT2D eigenvalue weighted by atomic mass is 16.1. The zero-order valence-corrected chi connectivity index (χ0v) is 10.8. The molecule has 1 aromatic carbocycles. The van der Waals surface area contributed by atoms with Gasteiger partial charge in [-0.25, -0.2) is 0 Å². The Morgan fingerprint density at radius 2 is 1.76 bits per heavy atom. The molecule has 0 aliphatic rings. The summed E-state index contributed by atoms with van der Waals surface area (Å²) >= 11 is 0. The number of pyridine rings is 1. The van der Waals surface area contributed by atoms with Gasteiger partial charge in [0.1, 0.15) is 0 Å². The average Bonchev–Trinajstić information content (AvgIpc) is 2.36. The standard InChI is InChI=1S/C15H19NO/c1-4-8-14-11(3)12-9-6-7-10-13(12)15(17)16(14)5-2/h6-7,9-10H,4-5,8H2,1-3H3. The molecule has 0 amide bonds. The van der Waals surface area contributed by atoms with Crippen LogP contribution in [0.4, 0.5) is 0 Å². The quantitative estimate of drug-likeness (QED) is 0.791. The van der Waals surface area contributed by atoms with Crippen LogP contribution in [0.3, 0.4) is 0 Å². The number of fused-ring (bicyclic) bond motifs is 1. The van der Waals surface area contributed by atoms with E-state index in [9.17, 15) is 4.79 Å². The van der Waals surface area contributed by atoms with Crippen molar-refractivity contribution < 1.29 is 0 Å². The monoisotopic (exact) mass is 229 g/mol. The minimum atomic E-state index is 0.150. The third-order valence-electron chi connectivity index (χ3n) is 3.37. The van der Waals surface area contributed by atoms with E-state index >= 15 is 0 Å². The van der Waals surface area contributed by atoms with Crippen LogP contribution < -0.4 is 5.56 Å². The maximum Gasteiger partial charge on any atom is 0.258 e. The molecule has 1 aromatic heterocycles. The molecule has 1 heterocycles. The van der Waals surface area contributed by atoms with E-state index in [1.54, 1.807) is 0 Å². The molecule has 0 aliphatic carbocycles. The van der Waals surface area contributed by atoms with Gasteiger partial charge in [0.25, 0.3) is 5.56 Å². The summed E-state index contributed by atoms with van der Waals surface area (Å²) in [7, 11) is 0. The number of rotatable bonds is 3. The minimum absolute atomic E-state index is 0.150. The van der Waals surface area contributed by atoms with Crippen molar-refractivity contribution in [2.45, 2.75) is 40.2 Å².